The van der Waals surface area contributed by atoms with Crippen LogP contribution in [0.25, 0.3) is 10.9 Å². The Morgan fingerprint density at radius 3 is 2.75 bits per heavy atom. The van der Waals surface area contributed by atoms with Crippen LogP contribution in [0.3, 0.4) is 0 Å². The number of nitrogens with one attached hydrogen (secondary N) is 1. The number of rotatable bonds is 6. The highest BCUT2D eigenvalue weighted by atomic mass is 19.1. The van der Waals surface area contributed by atoms with Crippen LogP contribution in [0.15, 0.2) is 47.2 Å². The maximum Gasteiger partial charge on any atom is 0.326 e. The molecule has 1 aromatic heterocycles. The Bertz CT molecular complexity index is 957. The van der Waals surface area contributed by atoms with Crippen molar-refractivity contribution in [3.63, 3.8) is 0 Å². The molecule has 0 bridgehead atoms. The van der Waals surface area contributed by atoms with Gasteiger partial charge in [-0.1, -0.05) is 13.5 Å². The highest BCUT2D eigenvalue weighted by Crippen LogP contribution is 2.29. The van der Waals surface area contributed by atoms with Crippen molar-refractivity contribution in [1.82, 2.24) is 9.88 Å². The van der Waals surface area contributed by atoms with E-state index in [-0.39, 0.29) is 17.7 Å². The molecule has 0 saturated heterocycles. The molecule has 1 N–H and O–H groups in total. The number of carbonyl (C=O) groups excluding carboxylic acids is 1. The first-order valence-electron chi connectivity index (χ1n) is 8.98. The summed E-state index contributed by atoms with van der Waals surface area (Å²) in [5.74, 6) is 0.148. The summed E-state index contributed by atoms with van der Waals surface area (Å²) >= 11 is 0. The van der Waals surface area contributed by atoms with Crippen LogP contribution in [0.4, 0.5) is 9.18 Å². The van der Waals surface area contributed by atoms with Crippen LogP contribution in [-0.4, -0.2) is 37.2 Å². The summed E-state index contributed by atoms with van der Waals surface area (Å²) in [7, 11) is 3.06. The van der Waals surface area contributed by atoms with Gasteiger partial charge >= 0.3 is 6.03 Å². The molecule has 2 aromatic rings. The zero-order valence-electron chi connectivity index (χ0n) is 16.9. The summed E-state index contributed by atoms with van der Waals surface area (Å²) in [6.45, 7) is 9.76. The van der Waals surface area contributed by atoms with E-state index in [1.165, 1.54) is 17.7 Å². The van der Waals surface area contributed by atoms with Crippen LogP contribution in [0.5, 0.6) is 5.75 Å². The van der Waals surface area contributed by atoms with Gasteiger partial charge in [-0.2, -0.15) is 0 Å². The molecular weight excluding hydrogens is 361 g/mol. The first kappa shape index (κ1) is 21.2. The Morgan fingerprint density at radius 1 is 1.43 bits per heavy atom. The van der Waals surface area contributed by atoms with Gasteiger partial charge in [-0.25, -0.2) is 9.18 Å². The fraction of sp³-hybridized carbons (Fsp3) is 0.333. The number of carbonyl (C=O) groups is 1. The molecule has 0 saturated carbocycles. The van der Waals surface area contributed by atoms with Crippen LogP contribution >= 0.6 is 0 Å². The van der Waals surface area contributed by atoms with E-state index in [4.69, 9.17) is 9.47 Å². The summed E-state index contributed by atoms with van der Waals surface area (Å²) in [4.78, 5) is 16.5. The van der Waals surface area contributed by atoms with Gasteiger partial charge in [0.05, 0.1) is 12.6 Å². The zero-order valence-corrected chi connectivity index (χ0v) is 16.9. The van der Waals surface area contributed by atoms with Crippen molar-refractivity contribution in [3.05, 3.63) is 53.7 Å². The number of fused-ring (bicyclic) bond motifs is 1. The predicted octanol–water partition coefficient (Wildman–Crippen LogP) is 4.57. The van der Waals surface area contributed by atoms with Gasteiger partial charge in [0, 0.05) is 30.2 Å². The molecular formula is C21H26FN3O3. The number of allylic oxidation sites excluding steroid dienone is 1. The number of amides is 1. The second-order valence-electron chi connectivity index (χ2n) is 6.29. The van der Waals surface area contributed by atoms with E-state index >= 15 is 4.39 Å². The molecule has 28 heavy (non-hydrogen) atoms. The standard InChI is InChI=1S/C21H26FN3O3/c1-7-10-24-21(26)25-14(3)12-16-17(25)8-9-18(19(16)22)28-20(23-5)13(2)11-15(4)27-6/h8-9,11-12H,4,7,10H2,1-3,5-6H3,(H,24,26). The average Bonchev–Trinajstić information content (AvgIpc) is 3.02. The van der Waals surface area contributed by atoms with Crippen LogP contribution in [-0.2, 0) is 4.74 Å². The first-order chi connectivity index (χ1) is 13.3. The van der Waals surface area contributed by atoms with Gasteiger partial charge in [-0.3, -0.25) is 9.56 Å². The van der Waals surface area contributed by atoms with Gasteiger partial charge < -0.3 is 14.8 Å². The van der Waals surface area contributed by atoms with Gasteiger partial charge in [0.1, 0.15) is 5.76 Å². The molecule has 150 valence electrons. The molecule has 1 heterocycles. The minimum atomic E-state index is -0.554. The summed E-state index contributed by atoms with van der Waals surface area (Å²) in [6.07, 6.45) is 2.47. The van der Waals surface area contributed by atoms with Crippen LogP contribution < -0.4 is 10.1 Å². The van der Waals surface area contributed by atoms with Gasteiger partial charge in [-0.15, -0.1) is 0 Å². The molecule has 6 nitrogen and oxygen atoms in total. The highest BCUT2D eigenvalue weighted by Gasteiger charge is 2.19. The third-order valence-corrected chi connectivity index (χ3v) is 4.18. The molecule has 0 aliphatic carbocycles. The summed E-state index contributed by atoms with van der Waals surface area (Å²) in [6, 6.07) is 4.49. The second kappa shape index (κ2) is 9.21. The minimum absolute atomic E-state index is 0.0231. The Hall–Kier alpha value is -3.09. The molecule has 0 radical (unpaired) electrons. The predicted molar refractivity (Wildman–Crippen MR) is 110 cm³/mol. The lowest BCUT2D eigenvalue weighted by atomic mass is 10.2. The van der Waals surface area contributed by atoms with Crippen molar-refractivity contribution < 1.29 is 18.7 Å². The fourth-order valence-electron chi connectivity index (χ4n) is 2.79. The SMILES string of the molecule is C=C(C=C(C)C(=NC)Oc1ccc2c(cc(C)n2C(=O)NCCC)c1F)OC. The Labute approximate surface area is 164 Å². The second-order valence-corrected chi connectivity index (χ2v) is 6.29. The van der Waals surface area contributed by atoms with Crippen molar-refractivity contribution in [1.29, 1.82) is 0 Å². The lowest BCUT2D eigenvalue weighted by Gasteiger charge is -2.12. The lowest BCUT2D eigenvalue weighted by molar-refractivity contribution is 0.243. The normalized spacial score (nSPS) is 12.2. The molecule has 7 heteroatoms. The first-order valence-corrected chi connectivity index (χ1v) is 8.98. The molecule has 1 amide bonds. The molecule has 2 rings (SSSR count). The monoisotopic (exact) mass is 387 g/mol. The number of benzene rings is 1. The minimum Gasteiger partial charge on any atom is -0.497 e. The fourth-order valence-corrected chi connectivity index (χ4v) is 2.79. The summed E-state index contributed by atoms with van der Waals surface area (Å²) < 4.78 is 27.2. The molecule has 0 spiro atoms. The number of aryl methyl sites for hydroxylation is 1. The zero-order chi connectivity index (χ0) is 20.8. The average molecular weight is 387 g/mol. The Kier molecular flexibility index (Phi) is 6.98. The van der Waals surface area contributed by atoms with Crippen molar-refractivity contribution in [2.75, 3.05) is 20.7 Å². The lowest BCUT2D eigenvalue weighted by Crippen LogP contribution is -2.29. The van der Waals surface area contributed by atoms with Gasteiger partial charge in [0.15, 0.2) is 11.6 Å². The molecule has 1 aromatic carbocycles. The summed E-state index contributed by atoms with van der Waals surface area (Å²) in [5.41, 5.74) is 1.75. The maximum absolute atomic E-state index is 15.1. The van der Waals surface area contributed by atoms with Crippen molar-refractivity contribution >= 4 is 22.8 Å². The van der Waals surface area contributed by atoms with Gasteiger partial charge in [0.25, 0.3) is 0 Å². The van der Waals surface area contributed by atoms with E-state index in [1.807, 2.05) is 6.92 Å². The maximum atomic E-state index is 15.1. The van der Waals surface area contributed by atoms with Crippen molar-refractivity contribution in [3.8, 4) is 5.75 Å². The topological polar surface area (TPSA) is 64.9 Å². The van der Waals surface area contributed by atoms with E-state index in [0.717, 1.165) is 6.42 Å². The van der Waals surface area contributed by atoms with Crippen LogP contribution in [0, 0.1) is 12.7 Å². The number of ether oxygens (including phenoxy) is 2. The number of methoxy groups -OCH3 is 1. The smallest absolute Gasteiger partial charge is 0.326 e. The largest absolute Gasteiger partial charge is 0.497 e. The van der Waals surface area contributed by atoms with E-state index in [9.17, 15) is 4.79 Å². The molecule has 0 unspecified atom stereocenters. The highest BCUT2D eigenvalue weighted by molar-refractivity contribution is 5.97. The number of halogens is 1. The van der Waals surface area contributed by atoms with E-state index in [2.05, 4.69) is 16.9 Å². The molecule has 0 fully saturated rings. The van der Waals surface area contributed by atoms with Gasteiger partial charge in [-0.05, 0) is 44.5 Å². The van der Waals surface area contributed by atoms with Gasteiger partial charge in [0.2, 0.25) is 5.90 Å². The van der Waals surface area contributed by atoms with Crippen molar-refractivity contribution in [2.45, 2.75) is 27.2 Å². The Morgan fingerprint density at radius 2 is 2.14 bits per heavy atom. The van der Waals surface area contributed by atoms with Crippen LogP contribution in [0.1, 0.15) is 26.0 Å². The third kappa shape index (κ3) is 4.42. The molecule has 0 aliphatic heterocycles. The van der Waals surface area contributed by atoms with E-state index < -0.39 is 5.82 Å². The third-order valence-electron chi connectivity index (χ3n) is 4.18. The Balaban J connectivity index is 2.41. The van der Waals surface area contributed by atoms with E-state index in [0.29, 0.717) is 34.5 Å². The molecule has 0 atom stereocenters. The number of hydrogen-bond acceptors (Lipinski definition) is 4. The van der Waals surface area contributed by atoms with Crippen LogP contribution in [0.2, 0.25) is 0 Å². The number of hydrogen-bond donors (Lipinski definition) is 1. The summed E-state index contributed by atoms with van der Waals surface area (Å²) in [5, 5.41) is 3.11. The van der Waals surface area contributed by atoms with E-state index in [1.54, 1.807) is 39.1 Å². The van der Waals surface area contributed by atoms with Crippen molar-refractivity contribution in [2.24, 2.45) is 4.99 Å². The number of aromatic nitrogens is 1. The number of nitrogens with zero attached hydrogens (tertiary/aromatic N) is 2. The number of aliphatic imine (C=N–C) groups is 1. The quantitative estimate of drug-likeness (QED) is 0.342. The molecule has 0 aliphatic rings.